The van der Waals surface area contributed by atoms with E-state index in [1.165, 1.54) is 4.98 Å². The second kappa shape index (κ2) is 3.39. The van der Waals surface area contributed by atoms with Crippen molar-refractivity contribution in [1.29, 1.82) is 0 Å². The average Bonchev–Trinajstić information content (AvgIpc) is 2.01. The first-order chi connectivity index (χ1) is 6.30. The summed E-state index contributed by atoms with van der Waals surface area (Å²) in [5.41, 5.74) is -3.61. The molecule has 0 atom stereocenters. The molecule has 0 fully saturated rings. The van der Waals surface area contributed by atoms with E-state index in [0.717, 1.165) is 0 Å². The van der Waals surface area contributed by atoms with Crippen molar-refractivity contribution in [2.45, 2.75) is 12.6 Å². The molecule has 14 heavy (non-hydrogen) atoms. The first-order valence-electron chi connectivity index (χ1n) is 3.40. The highest BCUT2D eigenvalue weighted by atomic mass is 19.4. The molecule has 0 aromatic carbocycles. The van der Waals surface area contributed by atoms with Crippen molar-refractivity contribution in [3.05, 3.63) is 33.7 Å². The molecule has 0 spiro atoms. The van der Waals surface area contributed by atoms with Crippen LogP contribution < -0.4 is 5.56 Å². The zero-order valence-corrected chi connectivity index (χ0v) is 6.53. The third-order valence-corrected chi connectivity index (χ3v) is 1.42. The van der Waals surface area contributed by atoms with Gasteiger partial charge in [-0.25, -0.2) is 8.78 Å². The molecule has 2 nitrogen and oxygen atoms in total. The zero-order valence-electron chi connectivity index (χ0n) is 6.53. The van der Waals surface area contributed by atoms with Gasteiger partial charge in [0.05, 0.1) is 0 Å². The van der Waals surface area contributed by atoms with E-state index in [9.17, 15) is 26.7 Å². The van der Waals surface area contributed by atoms with Crippen molar-refractivity contribution in [2.24, 2.45) is 0 Å². The molecule has 0 unspecified atom stereocenters. The molecule has 0 aliphatic heterocycles. The van der Waals surface area contributed by atoms with E-state index in [2.05, 4.69) is 0 Å². The minimum absolute atomic E-state index is 0.214. The molecule has 0 saturated carbocycles. The van der Waals surface area contributed by atoms with Gasteiger partial charge >= 0.3 is 6.18 Å². The van der Waals surface area contributed by atoms with E-state index in [1.54, 1.807) is 0 Å². The summed E-state index contributed by atoms with van der Waals surface area (Å²) in [7, 11) is 0. The SMILES string of the molecule is O=c1cc(C(F)F)cc(C(F)(F)F)[nH]1. The van der Waals surface area contributed by atoms with Crippen molar-refractivity contribution in [3.8, 4) is 0 Å². The zero-order chi connectivity index (χ0) is 10.9. The molecule has 78 valence electrons. The lowest BCUT2D eigenvalue weighted by molar-refractivity contribution is -0.141. The molecular formula is C7H4F5NO. The summed E-state index contributed by atoms with van der Waals surface area (Å²) in [6.07, 6.45) is -7.93. The number of H-pyrrole nitrogens is 1. The van der Waals surface area contributed by atoms with Crippen LogP contribution in [0.25, 0.3) is 0 Å². The van der Waals surface area contributed by atoms with Crippen LogP contribution >= 0.6 is 0 Å². The summed E-state index contributed by atoms with van der Waals surface area (Å²) in [5.74, 6) is 0. The summed E-state index contributed by atoms with van der Waals surface area (Å²) in [6.45, 7) is 0. The molecular weight excluding hydrogens is 209 g/mol. The number of hydrogen-bond donors (Lipinski definition) is 1. The van der Waals surface area contributed by atoms with E-state index in [4.69, 9.17) is 0 Å². The molecule has 7 heteroatoms. The second-order valence-corrected chi connectivity index (χ2v) is 2.49. The fourth-order valence-corrected chi connectivity index (χ4v) is 0.843. The van der Waals surface area contributed by atoms with Crippen LogP contribution in [0.3, 0.4) is 0 Å². The Morgan fingerprint density at radius 1 is 1.21 bits per heavy atom. The monoisotopic (exact) mass is 213 g/mol. The molecule has 0 aliphatic rings. The summed E-state index contributed by atoms with van der Waals surface area (Å²) in [5, 5.41) is 0. The number of hydrogen-bond acceptors (Lipinski definition) is 1. The van der Waals surface area contributed by atoms with Gasteiger partial charge in [0.1, 0.15) is 5.69 Å². The largest absolute Gasteiger partial charge is 0.431 e. The van der Waals surface area contributed by atoms with E-state index in [1.807, 2.05) is 0 Å². The Labute approximate surface area is 74.4 Å². The van der Waals surface area contributed by atoms with Gasteiger partial charge in [0.25, 0.3) is 6.43 Å². The number of pyridine rings is 1. The molecule has 1 aromatic heterocycles. The molecule has 1 rings (SSSR count). The number of halogens is 5. The maximum Gasteiger partial charge on any atom is 0.431 e. The van der Waals surface area contributed by atoms with Gasteiger partial charge in [0.15, 0.2) is 0 Å². The average molecular weight is 213 g/mol. The first kappa shape index (κ1) is 10.7. The Morgan fingerprint density at radius 3 is 2.21 bits per heavy atom. The molecule has 0 saturated heterocycles. The van der Waals surface area contributed by atoms with Gasteiger partial charge in [0.2, 0.25) is 5.56 Å². The topological polar surface area (TPSA) is 32.9 Å². The van der Waals surface area contributed by atoms with Gasteiger partial charge in [-0.15, -0.1) is 0 Å². The second-order valence-electron chi connectivity index (χ2n) is 2.49. The van der Waals surface area contributed by atoms with E-state index < -0.39 is 29.4 Å². The molecule has 1 N–H and O–H groups in total. The van der Waals surface area contributed by atoms with Crippen LogP contribution in [0.4, 0.5) is 22.0 Å². The van der Waals surface area contributed by atoms with Crippen molar-refractivity contribution in [2.75, 3.05) is 0 Å². The Morgan fingerprint density at radius 2 is 1.79 bits per heavy atom. The predicted octanol–water partition coefficient (Wildman–Crippen LogP) is 2.33. The summed E-state index contributed by atoms with van der Waals surface area (Å²) < 4.78 is 60.0. The molecule has 0 radical (unpaired) electrons. The number of aromatic nitrogens is 1. The van der Waals surface area contributed by atoms with Crippen LogP contribution in [0, 0.1) is 0 Å². The Kier molecular flexibility index (Phi) is 2.59. The molecule has 0 bridgehead atoms. The number of nitrogens with one attached hydrogen (secondary N) is 1. The van der Waals surface area contributed by atoms with Gasteiger partial charge in [-0.3, -0.25) is 4.79 Å². The third-order valence-electron chi connectivity index (χ3n) is 1.42. The van der Waals surface area contributed by atoms with Crippen molar-refractivity contribution in [1.82, 2.24) is 4.98 Å². The Bertz CT molecular complexity index is 380. The van der Waals surface area contributed by atoms with Gasteiger partial charge in [-0.2, -0.15) is 13.2 Å². The standard InChI is InChI=1S/C7H4F5NO/c8-6(9)3-1-4(7(10,11)12)13-5(14)2-3/h1-2,6H,(H,13,14). The molecule has 1 aromatic rings. The summed E-state index contributed by atoms with van der Waals surface area (Å²) in [6, 6.07) is 0.645. The lowest BCUT2D eigenvalue weighted by atomic mass is 10.2. The summed E-state index contributed by atoms with van der Waals surface area (Å²) in [4.78, 5) is 12.0. The van der Waals surface area contributed by atoms with Crippen molar-refractivity contribution < 1.29 is 22.0 Å². The van der Waals surface area contributed by atoms with Crippen LogP contribution in [0.1, 0.15) is 17.7 Å². The van der Waals surface area contributed by atoms with Gasteiger partial charge in [-0.1, -0.05) is 0 Å². The minimum Gasteiger partial charge on any atom is -0.318 e. The van der Waals surface area contributed by atoms with E-state index in [-0.39, 0.29) is 6.07 Å². The van der Waals surface area contributed by atoms with Crippen LogP contribution in [-0.4, -0.2) is 4.98 Å². The molecule has 0 aliphatic carbocycles. The van der Waals surface area contributed by atoms with Crippen LogP contribution in [0.15, 0.2) is 16.9 Å². The number of rotatable bonds is 1. The first-order valence-corrected chi connectivity index (χ1v) is 3.40. The fraction of sp³-hybridized carbons (Fsp3) is 0.286. The molecule has 0 amide bonds. The minimum atomic E-state index is -4.83. The normalized spacial score (nSPS) is 12.1. The van der Waals surface area contributed by atoms with E-state index >= 15 is 0 Å². The smallest absolute Gasteiger partial charge is 0.318 e. The Hall–Kier alpha value is -1.40. The maximum atomic E-state index is 12.0. The third kappa shape index (κ3) is 2.30. The lowest BCUT2D eigenvalue weighted by Gasteiger charge is -2.07. The van der Waals surface area contributed by atoms with Gasteiger partial charge < -0.3 is 4.98 Å². The fourth-order valence-electron chi connectivity index (χ4n) is 0.843. The highest BCUT2D eigenvalue weighted by molar-refractivity contribution is 5.19. The van der Waals surface area contributed by atoms with Crippen LogP contribution in [0.5, 0.6) is 0 Å². The van der Waals surface area contributed by atoms with Crippen LogP contribution in [0.2, 0.25) is 0 Å². The predicted molar refractivity (Wildman–Crippen MR) is 37.0 cm³/mol. The Balaban J connectivity index is 3.28. The molecule has 1 heterocycles. The highest BCUT2D eigenvalue weighted by Gasteiger charge is 2.32. The van der Waals surface area contributed by atoms with Crippen molar-refractivity contribution in [3.63, 3.8) is 0 Å². The quantitative estimate of drug-likeness (QED) is 0.713. The summed E-state index contributed by atoms with van der Waals surface area (Å²) >= 11 is 0. The van der Waals surface area contributed by atoms with Crippen molar-refractivity contribution >= 4 is 0 Å². The number of aromatic amines is 1. The highest BCUT2D eigenvalue weighted by Crippen LogP contribution is 2.29. The van der Waals surface area contributed by atoms with E-state index in [0.29, 0.717) is 6.07 Å². The van der Waals surface area contributed by atoms with Crippen LogP contribution in [-0.2, 0) is 6.18 Å². The van der Waals surface area contributed by atoms with Gasteiger partial charge in [0, 0.05) is 11.6 Å². The lowest BCUT2D eigenvalue weighted by Crippen LogP contribution is -2.16. The number of alkyl halides is 5. The van der Waals surface area contributed by atoms with Gasteiger partial charge in [-0.05, 0) is 6.07 Å². The maximum absolute atomic E-state index is 12.0.